The third-order valence-corrected chi connectivity index (χ3v) is 13.2. The van der Waals surface area contributed by atoms with Gasteiger partial charge >= 0.3 is 5.97 Å². The number of hydrogen-bond donors (Lipinski definition) is 1. The van der Waals surface area contributed by atoms with Crippen molar-refractivity contribution in [2.45, 2.75) is 258 Å². The summed E-state index contributed by atoms with van der Waals surface area (Å²) >= 11 is 0. The van der Waals surface area contributed by atoms with Crippen molar-refractivity contribution < 1.29 is 19.4 Å². The van der Waals surface area contributed by atoms with Crippen molar-refractivity contribution in [1.82, 2.24) is 9.80 Å². The highest BCUT2D eigenvalue weighted by molar-refractivity contribution is 5.69. The monoisotopic (exact) mass is 821 g/mol. The lowest BCUT2D eigenvalue weighted by Gasteiger charge is -2.38. The van der Waals surface area contributed by atoms with Crippen molar-refractivity contribution in [2.75, 3.05) is 59.2 Å². The van der Waals surface area contributed by atoms with Gasteiger partial charge < -0.3 is 19.5 Å². The Kier molecular flexibility index (Phi) is 41.0. The van der Waals surface area contributed by atoms with E-state index in [4.69, 9.17) is 9.47 Å². The van der Waals surface area contributed by atoms with E-state index in [2.05, 4.69) is 37.5 Å². The molecule has 1 N–H and O–H groups in total. The lowest BCUT2D eigenvalue weighted by Crippen LogP contribution is -2.46. The maximum atomic E-state index is 13.0. The zero-order valence-corrected chi connectivity index (χ0v) is 39.9. The number of carbonyl (C=O) groups is 1. The molecule has 6 heteroatoms. The summed E-state index contributed by atoms with van der Waals surface area (Å²) < 4.78 is 12.3. The number of hydrogen-bond acceptors (Lipinski definition) is 6. The van der Waals surface area contributed by atoms with Crippen molar-refractivity contribution in [3.05, 3.63) is 0 Å². The van der Waals surface area contributed by atoms with E-state index in [-0.39, 0.29) is 12.6 Å². The Morgan fingerprint density at radius 2 is 0.966 bits per heavy atom. The van der Waals surface area contributed by atoms with Crippen molar-refractivity contribution in [3.8, 4) is 0 Å². The van der Waals surface area contributed by atoms with E-state index in [0.717, 1.165) is 71.1 Å². The molecule has 0 aromatic heterocycles. The summed E-state index contributed by atoms with van der Waals surface area (Å²) in [6, 6.07) is 0.638. The number of ether oxygens (including phenoxy) is 2. The molecule has 0 aromatic rings. The largest absolute Gasteiger partial charge is 0.465 e. The maximum Gasteiger partial charge on any atom is 0.305 e. The van der Waals surface area contributed by atoms with Crippen molar-refractivity contribution in [1.29, 1.82) is 0 Å². The molecule has 6 nitrogen and oxygen atoms in total. The smallest absolute Gasteiger partial charge is 0.305 e. The number of rotatable bonds is 47. The first-order valence-corrected chi connectivity index (χ1v) is 26.4. The number of esters is 1. The van der Waals surface area contributed by atoms with Gasteiger partial charge in [0.05, 0.1) is 13.2 Å². The highest BCUT2D eigenvalue weighted by atomic mass is 16.5. The van der Waals surface area contributed by atoms with Gasteiger partial charge in [-0.3, -0.25) is 9.69 Å². The van der Waals surface area contributed by atoms with Crippen LogP contribution in [0, 0.1) is 11.8 Å². The van der Waals surface area contributed by atoms with Gasteiger partial charge in [0, 0.05) is 45.3 Å². The molecule has 346 valence electrons. The standard InChI is InChI=1S/C52H104N2O4/c1-5-9-13-17-19-21-23-27-34-49(33-25-15-11-7-3)47-57-46-30-29-40-53(42-43-54(44-45-55)51-37-31-38-51)41-32-39-52(56)58-48-50(35-26-16-12-8-4)36-28-24-22-20-18-14-10-6-2/h49-51,55H,5-48H2,1-4H3. The fraction of sp³-hybridized carbons (Fsp3) is 0.981. The molecule has 0 aromatic carbocycles. The molecular weight excluding hydrogens is 717 g/mol. The highest BCUT2D eigenvalue weighted by Gasteiger charge is 2.24. The molecule has 1 aliphatic rings. The van der Waals surface area contributed by atoms with Crippen LogP contribution in [0.4, 0.5) is 0 Å². The average molecular weight is 821 g/mol. The average Bonchev–Trinajstić information content (AvgIpc) is 3.20. The minimum absolute atomic E-state index is 0.00423. The maximum absolute atomic E-state index is 13.0. The first-order valence-electron chi connectivity index (χ1n) is 26.4. The Labute approximate surface area is 363 Å². The van der Waals surface area contributed by atoms with Crippen LogP contribution in [0.2, 0.25) is 0 Å². The van der Waals surface area contributed by atoms with Crippen LogP contribution in [0.5, 0.6) is 0 Å². The summed E-state index contributed by atoms with van der Waals surface area (Å²) in [6.45, 7) is 16.6. The predicted octanol–water partition coefficient (Wildman–Crippen LogP) is 14.5. The van der Waals surface area contributed by atoms with Gasteiger partial charge in [-0.2, -0.15) is 0 Å². The second kappa shape index (κ2) is 43.0. The van der Waals surface area contributed by atoms with E-state index in [9.17, 15) is 9.90 Å². The van der Waals surface area contributed by atoms with Gasteiger partial charge in [0.15, 0.2) is 0 Å². The predicted molar refractivity (Wildman–Crippen MR) is 252 cm³/mol. The summed E-state index contributed by atoms with van der Waals surface area (Å²) in [7, 11) is 0. The van der Waals surface area contributed by atoms with Gasteiger partial charge in [-0.1, -0.05) is 188 Å². The summed E-state index contributed by atoms with van der Waals surface area (Å²) in [6.07, 6.45) is 45.0. The zero-order chi connectivity index (χ0) is 42.0. The molecule has 1 fully saturated rings. The zero-order valence-electron chi connectivity index (χ0n) is 39.9. The molecule has 0 radical (unpaired) electrons. The molecule has 1 saturated carbocycles. The van der Waals surface area contributed by atoms with Gasteiger partial charge in [-0.25, -0.2) is 0 Å². The van der Waals surface area contributed by atoms with Crippen LogP contribution in [0.15, 0.2) is 0 Å². The number of aliphatic hydroxyl groups is 1. The van der Waals surface area contributed by atoms with Gasteiger partial charge in [0.1, 0.15) is 0 Å². The van der Waals surface area contributed by atoms with E-state index >= 15 is 0 Å². The number of carbonyl (C=O) groups excluding carboxylic acids is 1. The molecular formula is C52H104N2O4. The Balaban J connectivity index is 2.53. The van der Waals surface area contributed by atoms with Gasteiger partial charge in [0.25, 0.3) is 0 Å². The molecule has 0 bridgehead atoms. The fourth-order valence-electron chi connectivity index (χ4n) is 8.96. The van der Waals surface area contributed by atoms with E-state index in [1.165, 1.54) is 199 Å². The van der Waals surface area contributed by atoms with Crippen molar-refractivity contribution >= 4 is 5.97 Å². The summed E-state index contributed by atoms with van der Waals surface area (Å²) in [4.78, 5) is 18.1. The third kappa shape index (κ3) is 34.0. The number of aliphatic hydroxyl groups excluding tert-OH is 1. The molecule has 1 rings (SSSR count). The third-order valence-electron chi connectivity index (χ3n) is 13.2. The number of nitrogens with zero attached hydrogens (tertiary/aromatic N) is 2. The summed E-state index contributed by atoms with van der Waals surface area (Å²) in [5.74, 6) is 1.24. The van der Waals surface area contributed by atoms with Crippen LogP contribution in [-0.2, 0) is 14.3 Å². The lowest BCUT2D eigenvalue weighted by atomic mass is 9.91. The van der Waals surface area contributed by atoms with Gasteiger partial charge in [0.2, 0.25) is 0 Å². The van der Waals surface area contributed by atoms with Crippen molar-refractivity contribution in [2.24, 2.45) is 11.8 Å². The van der Waals surface area contributed by atoms with Crippen molar-refractivity contribution in [3.63, 3.8) is 0 Å². The Morgan fingerprint density at radius 3 is 1.43 bits per heavy atom. The minimum atomic E-state index is -0.00423. The first-order chi connectivity index (χ1) is 28.6. The Hall–Kier alpha value is -0.690. The van der Waals surface area contributed by atoms with Crippen LogP contribution >= 0.6 is 0 Å². The lowest BCUT2D eigenvalue weighted by molar-refractivity contribution is -0.145. The van der Waals surface area contributed by atoms with Gasteiger partial charge in [-0.05, 0) is 82.7 Å². The molecule has 2 unspecified atom stereocenters. The van der Waals surface area contributed by atoms with E-state index in [1.54, 1.807) is 0 Å². The summed E-state index contributed by atoms with van der Waals surface area (Å²) in [5, 5.41) is 9.76. The molecule has 0 aliphatic heterocycles. The Morgan fingerprint density at radius 1 is 0.517 bits per heavy atom. The topological polar surface area (TPSA) is 62.2 Å². The van der Waals surface area contributed by atoms with Crippen LogP contribution in [-0.4, -0.2) is 86.1 Å². The molecule has 0 heterocycles. The van der Waals surface area contributed by atoms with Gasteiger partial charge in [-0.15, -0.1) is 0 Å². The van der Waals surface area contributed by atoms with Crippen LogP contribution in [0.1, 0.15) is 252 Å². The second-order valence-electron chi connectivity index (χ2n) is 18.7. The van der Waals surface area contributed by atoms with E-state index in [1.807, 2.05) is 0 Å². The number of unbranched alkanes of at least 4 members (excludes halogenated alkanes) is 21. The van der Waals surface area contributed by atoms with E-state index in [0.29, 0.717) is 25.0 Å². The fourth-order valence-corrected chi connectivity index (χ4v) is 8.96. The minimum Gasteiger partial charge on any atom is -0.465 e. The Bertz CT molecular complexity index is 838. The van der Waals surface area contributed by atoms with Crippen LogP contribution in [0.25, 0.3) is 0 Å². The van der Waals surface area contributed by atoms with Crippen LogP contribution in [0.3, 0.4) is 0 Å². The quantitative estimate of drug-likeness (QED) is 0.0487. The first kappa shape index (κ1) is 55.3. The SMILES string of the molecule is CCCCCCCCCCC(CCCCCC)COCCCCN(CCCC(=O)OCC(CCCCCC)CCCCCCCCCC)CCN(CCO)C1CCC1. The molecule has 0 spiro atoms. The molecule has 0 amide bonds. The summed E-state index contributed by atoms with van der Waals surface area (Å²) in [5.41, 5.74) is 0. The molecule has 2 atom stereocenters. The van der Waals surface area contributed by atoms with Crippen LogP contribution < -0.4 is 0 Å². The molecule has 0 saturated heterocycles. The second-order valence-corrected chi connectivity index (χ2v) is 18.7. The highest BCUT2D eigenvalue weighted by Crippen LogP contribution is 2.25. The molecule has 58 heavy (non-hydrogen) atoms. The normalized spacial score (nSPS) is 14.4. The molecule has 1 aliphatic carbocycles. The van der Waals surface area contributed by atoms with E-state index < -0.39 is 0 Å².